The molecule has 0 aliphatic heterocycles. The highest BCUT2D eigenvalue weighted by Gasteiger charge is 2.29. The van der Waals surface area contributed by atoms with Crippen molar-refractivity contribution in [1.29, 1.82) is 0 Å². The van der Waals surface area contributed by atoms with E-state index in [1.807, 2.05) is 19.2 Å². The van der Waals surface area contributed by atoms with Crippen molar-refractivity contribution in [1.82, 2.24) is 5.32 Å². The number of rotatable bonds is 1. The van der Waals surface area contributed by atoms with Crippen LogP contribution in [0.2, 0.25) is 10.0 Å². The summed E-state index contributed by atoms with van der Waals surface area (Å²) in [7, 11) is 1.98. The minimum atomic E-state index is 0.390. The Labute approximate surface area is 94.4 Å². The molecule has 0 bridgehead atoms. The van der Waals surface area contributed by atoms with Crippen molar-refractivity contribution in [3.05, 3.63) is 33.3 Å². The van der Waals surface area contributed by atoms with E-state index in [0.717, 1.165) is 16.5 Å². The third kappa shape index (κ3) is 1.54. The van der Waals surface area contributed by atoms with Crippen molar-refractivity contribution in [2.75, 3.05) is 7.05 Å². The number of benzene rings is 1. The van der Waals surface area contributed by atoms with Crippen molar-refractivity contribution >= 4 is 23.2 Å². The fourth-order valence-corrected chi connectivity index (χ4v) is 2.89. The van der Waals surface area contributed by atoms with Crippen LogP contribution in [-0.2, 0) is 6.42 Å². The van der Waals surface area contributed by atoms with Crippen LogP contribution in [0.25, 0.3) is 0 Å². The van der Waals surface area contributed by atoms with Crippen LogP contribution in [0.5, 0.6) is 0 Å². The summed E-state index contributed by atoms with van der Waals surface area (Å²) >= 11 is 12.1. The first kappa shape index (κ1) is 10.3. The van der Waals surface area contributed by atoms with Gasteiger partial charge < -0.3 is 5.32 Å². The van der Waals surface area contributed by atoms with Gasteiger partial charge in [-0.05, 0) is 42.6 Å². The Bertz CT molecular complexity index is 363. The van der Waals surface area contributed by atoms with Crippen LogP contribution in [0.3, 0.4) is 0 Å². The molecule has 14 heavy (non-hydrogen) atoms. The van der Waals surface area contributed by atoms with E-state index in [2.05, 4.69) is 12.2 Å². The van der Waals surface area contributed by atoms with Crippen molar-refractivity contribution < 1.29 is 0 Å². The molecule has 0 aromatic heterocycles. The minimum Gasteiger partial charge on any atom is -0.313 e. The number of hydrogen-bond donors (Lipinski definition) is 1. The third-order valence-electron chi connectivity index (χ3n) is 2.94. The predicted octanol–water partition coefficient (Wildman–Crippen LogP) is 3.45. The summed E-state index contributed by atoms with van der Waals surface area (Å²) in [5.41, 5.74) is 2.51. The first-order valence-electron chi connectivity index (χ1n) is 4.78. The largest absolute Gasteiger partial charge is 0.313 e. The maximum atomic E-state index is 6.15. The average molecular weight is 230 g/mol. The number of nitrogens with one attached hydrogen (secondary N) is 1. The van der Waals surface area contributed by atoms with Gasteiger partial charge in [-0.1, -0.05) is 30.1 Å². The Morgan fingerprint density at radius 3 is 2.71 bits per heavy atom. The van der Waals surface area contributed by atoms with Crippen molar-refractivity contribution in [2.24, 2.45) is 5.92 Å². The number of halogens is 2. The minimum absolute atomic E-state index is 0.390. The summed E-state index contributed by atoms with van der Waals surface area (Å²) in [6.45, 7) is 2.23. The molecule has 0 saturated heterocycles. The summed E-state index contributed by atoms with van der Waals surface area (Å²) in [6.07, 6.45) is 1.04. The molecule has 1 aliphatic rings. The molecule has 0 amide bonds. The Morgan fingerprint density at radius 1 is 1.36 bits per heavy atom. The molecule has 2 rings (SSSR count). The molecule has 1 aliphatic carbocycles. The second-order valence-electron chi connectivity index (χ2n) is 3.90. The molecule has 76 valence electrons. The molecule has 0 saturated carbocycles. The summed E-state index contributed by atoms with van der Waals surface area (Å²) in [4.78, 5) is 0. The highest BCUT2D eigenvalue weighted by Crippen LogP contribution is 2.40. The summed E-state index contributed by atoms with van der Waals surface area (Å²) in [6, 6.07) is 4.24. The maximum absolute atomic E-state index is 6.15. The molecular weight excluding hydrogens is 217 g/mol. The van der Waals surface area contributed by atoms with Gasteiger partial charge in [0.15, 0.2) is 0 Å². The highest BCUT2D eigenvalue weighted by molar-refractivity contribution is 6.35. The van der Waals surface area contributed by atoms with E-state index in [-0.39, 0.29) is 0 Å². The number of hydrogen-bond acceptors (Lipinski definition) is 1. The lowest BCUT2D eigenvalue weighted by atomic mass is 10.0. The van der Waals surface area contributed by atoms with Crippen LogP contribution >= 0.6 is 23.2 Å². The molecule has 2 atom stereocenters. The summed E-state index contributed by atoms with van der Waals surface area (Å²) < 4.78 is 0. The molecule has 2 unspecified atom stereocenters. The first-order chi connectivity index (χ1) is 6.63. The van der Waals surface area contributed by atoms with Gasteiger partial charge >= 0.3 is 0 Å². The molecular formula is C11H13Cl2N. The third-order valence-corrected chi connectivity index (χ3v) is 3.49. The van der Waals surface area contributed by atoms with E-state index in [0.29, 0.717) is 12.0 Å². The average Bonchev–Trinajstić information content (AvgIpc) is 2.41. The fourth-order valence-electron chi connectivity index (χ4n) is 2.30. The second kappa shape index (κ2) is 3.73. The zero-order valence-electron chi connectivity index (χ0n) is 8.27. The Kier molecular flexibility index (Phi) is 2.74. The van der Waals surface area contributed by atoms with Gasteiger partial charge in [-0.3, -0.25) is 0 Å². The monoisotopic (exact) mass is 229 g/mol. The van der Waals surface area contributed by atoms with Crippen molar-refractivity contribution in [3.8, 4) is 0 Å². The van der Waals surface area contributed by atoms with Crippen LogP contribution in [0, 0.1) is 5.92 Å². The molecule has 1 aromatic carbocycles. The van der Waals surface area contributed by atoms with Gasteiger partial charge in [0, 0.05) is 16.1 Å². The molecule has 3 heteroatoms. The van der Waals surface area contributed by atoms with E-state index in [4.69, 9.17) is 23.2 Å². The molecule has 0 radical (unpaired) electrons. The van der Waals surface area contributed by atoms with Crippen LogP contribution in [0.1, 0.15) is 24.1 Å². The molecule has 0 spiro atoms. The van der Waals surface area contributed by atoms with E-state index < -0.39 is 0 Å². The SMILES string of the molecule is CNC1c2cc(Cl)cc(Cl)c2CC1C. The van der Waals surface area contributed by atoms with Gasteiger partial charge in [0.2, 0.25) is 0 Å². The van der Waals surface area contributed by atoms with Crippen LogP contribution in [-0.4, -0.2) is 7.05 Å². The van der Waals surface area contributed by atoms with Gasteiger partial charge in [0.05, 0.1) is 0 Å². The summed E-state index contributed by atoms with van der Waals surface area (Å²) in [5.74, 6) is 0.589. The zero-order chi connectivity index (χ0) is 10.3. The second-order valence-corrected chi connectivity index (χ2v) is 4.75. The molecule has 1 aromatic rings. The molecule has 1 nitrogen and oxygen atoms in total. The lowest BCUT2D eigenvalue weighted by molar-refractivity contribution is 0.447. The maximum Gasteiger partial charge on any atom is 0.0456 e. The molecule has 1 N–H and O–H groups in total. The normalized spacial score (nSPS) is 25.1. The van der Waals surface area contributed by atoms with Crippen LogP contribution in [0.15, 0.2) is 12.1 Å². The molecule has 0 fully saturated rings. The highest BCUT2D eigenvalue weighted by atomic mass is 35.5. The Balaban J connectivity index is 2.53. The van der Waals surface area contributed by atoms with Crippen LogP contribution in [0.4, 0.5) is 0 Å². The first-order valence-corrected chi connectivity index (χ1v) is 5.54. The van der Waals surface area contributed by atoms with Gasteiger partial charge in [-0.15, -0.1) is 0 Å². The van der Waals surface area contributed by atoms with E-state index in [1.54, 1.807) is 0 Å². The van der Waals surface area contributed by atoms with Gasteiger partial charge in [0.1, 0.15) is 0 Å². The van der Waals surface area contributed by atoms with Crippen molar-refractivity contribution in [3.63, 3.8) is 0 Å². The zero-order valence-corrected chi connectivity index (χ0v) is 9.78. The smallest absolute Gasteiger partial charge is 0.0456 e. The fraction of sp³-hybridized carbons (Fsp3) is 0.455. The van der Waals surface area contributed by atoms with E-state index >= 15 is 0 Å². The van der Waals surface area contributed by atoms with Gasteiger partial charge in [-0.25, -0.2) is 0 Å². The number of fused-ring (bicyclic) bond motifs is 1. The topological polar surface area (TPSA) is 12.0 Å². The molecule has 0 heterocycles. The quantitative estimate of drug-likeness (QED) is 0.779. The lowest BCUT2D eigenvalue weighted by Crippen LogP contribution is -2.19. The summed E-state index contributed by atoms with van der Waals surface area (Å²) in [5, 5.41) is 4.83. The Morgan fingerprint density at radius 2 is 2.07 bits per heavy atom. The van der Waals surface area contributed by atoms with Crippen LogP contribution < -0.4 is 5.32 Å². The predicted molar refractivity (Wildman–Crippen MR) is 61.1 cm³/mol. The van der Waals surface area contributed by atoms with Crippen molar-refractivity contribution in [2.45, 2.75) is 19.4 Å². The van der Waals surface area contributed by atoms with E-state index in [9.17, 15) is 0 Å². The lowest BCUT2D eigenvalue weighted by Gasteiger charge is -2.15. The standard InChI is InChI=1S/C11H13Cl2N/c1-6-3-8-9(11(6)14-2)4-7(12)5-10(8)13/h4-6,11,14H,3H2,1-2H3. The van der Waals surface area contributed by atoms with Gasteiger partial charge in [-0.2, -0.15) is 0 Å². The Hall–Kier alpha value is -0.240. The van der Waals surface area contributed by atoms with E-state index in [1.165, 1.54) is 11.1 Å². The van der Waals surface area contributed by atoms with Gasteiger partial charge in [0.25, 0.3) is 0 Å².